The van der Waals surface area contributed by atoms with E-state index in [0.29, 0.717) is 0 Å². The summed E-state index contributed by atoms with van der Waals surface area (Å²) in [7, 11) is 2.28. The maximum absolute atomic E-state index is 12.8. The zero-order valence-electron chi connectivity index (χ0n) is 14.7. The second-order valence-corrected chi connectivity index (χ2v) is 5.76. The van der Waals surface area contributed by atoms with Gasteiger partial charge in [0, 0.05) is 0 Å². The van der Waals surface area contributed by atoms with Crippen LogP contribution in [0.2, 0.25) is 0 Å². The number of carbonyl (C=O) groups excluding carboxylic acids is 4. The number of aromatic carboxylic acids is 1. The molecule has 28 heavy (non-hydrogen) atoms. The number of esters is 2. The Hall–Kier alpha value is -4.01. The van der Waals surface area contributed by atoms with E-state index in [4.69, 9.17) is 5.11 Å². The van der Waals surface area contributed by atoms with Gasteiger partial charge in [0.25, 0.3) is 11.8 Å². The van der Waals surface area contributed by atoms with Crippen LogP contribution < -0.4 is 4.90 Å². The molecule has 3 rings (SSSR count). The molecule has 2 amide bonds. The third kappa shape index (κ3) is 2.98. The molecule has 1 aliphatic heterocycles. The summed E-state index contributed by atoms with van der Waals surface area (Å²) < 4.78 is 9.27. The molecule has 9 nitrogen and oxygen atoms in total. The molecule has 0 fully saturated rings. The summed E-state index contributed by atoms with van der Waals surface area (Å²) in [5, 5.41) is 9.09. The molecular weight excluding hydrogens is 370 g/mol. The number of methoxy groups -OCH3 is 2. The predicted molar refractivity (Wildman–Crippen MR) is 93.7 cm³/mol. The van der Waals surface area contributed by atoms with Crippen molar-refractivity contribution < 1.29 is 38.6 Å². The fraction of sp³-hybridized carbons (Fsp3) is 0.105. The lowest BCUT2D eigenvalue weighted by Gasteiger charge is -2.16. The number of hydrogen-bond donors (Lipinski definition) is 1. The molecule has 0 radical (unpaired) electrons. The fourth-order valence-corrected chi connectivity index (χ4v) is 2.82. The minimum atomic E-state index is -1.25. The summed E-state index contributed by atoms with van der Waals surface area (Å²) in [5.74, 6) is -4.30. The molecule has 0 aromatic heterocycles. The number of carbonyl (C=O) groups is 5. The molecule has 1 N–H and O–H groups in total. The normalized spacial score (nSPS) is 12.6. The van der Waals surface area contributed by atoms with Gasteiger partial charge >= 0.3 is 17.9 Å². The number of rotatable bonds is 4. The summed E-state index contributed by atoms with van der Waals surface area (Å²) in [5.41, 5.74) is -0.413. The van der Waals surface area contributed by atoms with Gasteiger partial charge in [-0.15, -0.1) is 0 Å². The first-order chi connectivity index (χ1) is 13.3. The van der Waals surface area contributed by atoms with Crippen LogP contribution in [0.5, 0.6) is 0 Å². The molecule has 0 aliphatic carbocycles. The minimum absolute atomic E-state index is 0.0121. The summed E-state index contributed by atoms with van der Waals surface area (Å²) in [6, 6.07) is 7.20. The lowest BCUT2D eigenvalue weighted by atomic mass is 10.1. The zero-order valence-corrected chi connectivity index (χ0v) is 14.7. The zero-order chi connectivity index (χ0) is 20.6. The molecule has 2 aromatic rings. The van der Waals surface area contributed by atoms with E-state index in [1.807, 2.05) is 0 Å². The summed E-state index contributed by atoms with van der Waals surface area (Å²) in [4.78, 5) is 61.2. The predicted octanol–water partition coefficient (Wildman–Crippen LogP) is 1.76. The van der Waals surface area contributed by atoms with Gasteiger partial charge in [-0.3, -0.25) is 9.59 Å². The monoisotopic (exact) mass is 383 g/mol. The van der Waals surface area contributed by atoms with Crippen molar-refractivity contribution >= 4 is 35.4 Å². The molecular formula is C19H13NO8. The van der Waals surface area contributed by atoms with Crippen LogP contribution in [-0.4, -0.2) is 49.0 Å². The Kier molecular flexibility index (Phi) is 4.66. The van der Waals surface area contributed by atoms with Gasteiger partial charge < -0.3 is 14.6 Å². The fourth-order valence-electron chi connectivity index (χ4n) is 2.82. The number of imide groups is 1. The molecule has 9 heteroatoms. The molecule has 0 saturated carbocycles. The van der Waals surface area contributed by atoms with Crippen molar-refractivity contribution in [3.63, 3.8) is 0 Å². The lowest BCUT2D eigenvalue weighted by Crippen LogP contribution is -2.30. The van der Waals surface area contributed by atoms with Crippen molar-refractivity contribution in [3.8, 4) is 0 Å². The Morgan fingerprint density at radius 3 is 1.82 bits per heavy atom. The number of amides is 2. The van der Waals surface area contributed by atoms with Gasteiger partial charge in [0.1, 0.15) is 0 Å². The Bertz CT molecular complexity index is 1020. The van der Waals surface area contributed by atoms with E-state index in [-0.39, 0.29) is 33.5 Å². The molecule has 0 unspecified atom stereocenters. The molecule has 0 saturated heterocycles. The van der Waals surface area contributed by atoms with E-state index in [9.17, 15) is 24.0 Å². The first-order valence-electron chi connectivity index (χ1n) is 7.86. The third-order valence-corrected chi connectivity index (χ3v) is 4.15. The highest BCUT2D eigenvalue weighted by molar-refractivity contribution is 6.35. The topological polar surface area (TPSA) is 127 Å². The number of hydrogen-bond acceptors (Lipinski definition) is 7. The van der Waals surface area contributed by atoms with Crippen LogP contribution in [0.1, 0.15) is 51.8 Å². The van der Waals surface area contributed by atoms with E-state index >= 15 is 0 Å². The van der Waals surface area contributed by atoms with Crippen molar-refractivity contribution in [2.24, 2.45) is 0 Å². The smallest absolute Gasteiger partial charge is 0.337 e. The van der Waals surface area contributed by atoms with Crippen molar-refractivity contribution in [2.75, 3.05) is 19.1 Å². The van der Waals surface area contributed by atoms with Crippen LogP contribution in [0.25, 0.3) is 0 Å². The highest BCUT2D eigenvalue weighted by atomic mass is 16.5. The number of carboxylic acid groups (broad SMARTS) is 1. The molecule has 1 heterocycles. The van der Waals surface area contributed by atoms with Crippen LogP contribution in [0.4, 0.5) is 5.69 Å². The van der Waals surface area contributed by atoms with Crippen LogP contribution in [0.15, 0.2) is 36.4 Å². The average Bonchev–Trinajstić information content (AvgIpc) is 2.96. The number of benzene rings is 2. The first-order valence-corrected chi connectivity index (χ1v) is 7.86. The van der Waals surface area contributed by atoms with Crippen molar-refractivity contribution in [2.45, 2.75) is 0 Å². The Labute approximate surface area is 158 Å². The summed E-state index contributed by atoms with van der Waals surface area (Å²) >= 11 is 0. The van der Waals surface area contributed by atoms with E-state index in [0.717, 1.165) is 25.2 Å². The average molecular weight is 383 g/mol. The number of ether oxygens (including phenoxy) is 2. The largest absolute Gasteiger partial charge is 0.478 e. The Balaban J connectivity index is 2.14. The van der Waals surface area contributed by atoms with Crippen molar-refractivity contribution in [3.05, 3.63) is 64.2 Å². The second kappa shape index (κ2) is 6.95. The van der Waals surface area contributed by atoms with Gasteiger partial charge in [-0.1, -0.05) is 0 Å². The number of fused-ring (bicyclic) bond motifs is 1. The van der Waals surface area contributed by atoms with Crippen molar-refractivity contribution in [1.82, 2.24) is 0 Å². The first kappa shape index (κ1) is 18.8. The van der Waals surface area contributed by atoms with Gasteiger partial charge in [0.2, 0.25) is 0 Å². The van der Waals surface area contributed by atoms with Gasteiger partial charge in [0.05, 0.1) is 47.7 Å². The van der Waals surface area contributed by atoms with Gasteiger partial charge in [-0.25, -0.2) is 19.3 Å². The maximum atomic E-state index is 12.8. The van der Waals surface area contributed by atoms with Crippen LogP contribution in [0.3, 0.4) is 0 Å². The van der Waals surface area contributed by atoms with Crippen LogP contribution >= 0.6 is 0 Å². The van der Waals surface area contributed by atoms with Gasteiger partial charge in [-0.2, -0.15) is 0 Å². The van der Waals surface area contributed by atoms with E-state index < -0.39 is 29.7 Å². The summed E-state index contributed by atoms with van der Waals surface area (Å²) in [6.07, 6.45) is 0. The Morgan fingerprint density at radius 1 is 0.786 bits per heavy atom. The van der Waals surface area contributed by atoms with Crippen molar-refractivity contribution in [1.29, 1.82) is 0 Å². The summed E-state index contributed by atoms with van der Waals surface area (Å²) in [6.45, 7) is 0. The maximum Gasteiger partial charge on any atom is 0.337 e. The number of carboxylic acids is 1. The molecule has 1 aliphatic rings. The van der Waals surface area contributed by atoms with Gasteiger partial charge in [0.15, 0.2) is 0 Å². The minimum Gasteiger partial charge on any atom is -0.478 e. The quantitative estimate of drug-likeness (QED) is 0.625. The van der Waals surface area contributed by atoms with Crippen LogP contribution in [-0.2, 0) is 9.47 Å². The van der Waals surface area contributed by atoms with E-state index in [2.05, 4.69) is 9.47 Å². The highest BCUT2D eigenvalue weighted by Gasteiger charge is 2.38. The van der Waals surface area contributed by atoms with E-state index in [1.165, 1.54) is 30.3 Å². The highest BCUT2D eigenvalue weighted by Crippen LogP contribution is 2.31. The standard InChI is InChI=1S/C19H13NO8/c1-27-18(25)10-5-11(19(26)28-2)7-12(6-10)20-15(21)13-4-3-9(17(23)24)8-14(13)16(20)22/h3-8H,1-2H3,(H,23,24). The molecule has 0 atom stereocenters. The number of anilines is 1. The van der Waals surface area contributed by atoms with Crippen LogP contribution in [0, 0.1) is 0 Å². The third-order valence-electron chi connectivity index (χ3n) is 4.15. The molecule has 2 aromatic carbocycles. The Morgan fingerprint density at radius 2 is 1.32 bits per heavy atom. The molecule has 142 valence electrons. The van der Waals surface area contributed by atoms with Gasteiger partial charge in [-0.05, 0) is 36.4 Å². The molecule has 0 bridgehead atoms. The number of nitrogens with zero attached hydrogens (tertiary/aromatic N) is 1. The molecule has 0 spiro atoms. The second-order valence-electron chi connectivity index (χ2n) is 5.76. The van der Waals surface area contributed by atoms with E-state index in [1.54, 1.807) is 0 Å². The lowest BCUT2D eigenvalue weighted by molar-refractivity contribution is 0.0596. The SMILES string of the molecule is COC(=O)c1cc(C(=O)OC)cc(N2C(=O)c3ccc(C(=O)O)cc3C2=O)c1.